The predicted octanol–water partition coefficient (Wildman–Crippen LogP) is 7.19. The van der Waals surface area contributed by atoms with Crippen LogP contribution in [0.25, 0.3) is 0 Å². The number of unbranched alkanes of at least 4 members (excludes halogenated alkanes) is 1. The molecule has 1 aromatic carbocycles. The van der Waals surface area contributed by atoms with Crippen molar-refractivity contribution < 1.29 is 14.6 Å². The Morgan fingerprint density at radius 2 is 1.96 bits per heavy atom. The van der Waals surface area contributed by atoms with Crippen molar-refractivity contribution in [2.24, 2.45) is 17.3 Å². The van der Waals surface area contributed by atoms with E-state index in [-0.39, 0.29) is 29.3 Å². The van der Waals surface area contributed by atoms with E-state index in [4.69, 9.17) is 4.74 Å². The van der Waals surface area contributed by atoms with Crippen LogP contribution < -0.4 is 9.80 Å². The lowest BCUT2D eigenvalue weighted by molar-refractivity contribution is -0.125. The summed E-state index contributed by atoms with van der Waals surface area (Å²) in [5.74, 6) is 1.00. The Labute approximate surface area is 269 Å². The number of hydrogen-bond donors (Lipinski definition) is 1. The van der Waals surface area contributed by atoms with Crippen molar-refractivity contribution in [2.75, 3.05) is 22.9 Å². The van der Waals surface area contributed by atoms with E-state index < -0.39 is 5.60 Å². The molecule has 3 aliphatic carbocycles. The lowest BCUT2D eigenvalue weighted by atomic mass is 9.68. The summed E-state index contributed by atoms with van der Waals surface area (Å²) in [5, 5.41) is 20.1. The molecular weight excluding hydrogens is 562 g/mol. The fourth-order valence-electron chi connectivity index (χ4n) is 6.79. The average Bonchev–Trinajstić information content (AvgIpc) is 3.80. The largest absolute Gasteiger partial charge is 0.384 e. The average molecular weight is 614 g/mol. The van der Waals surface area contributed by atoms with Gasteiger partial charge in [-0.05, 0) is 95.8 Å². The molecule has 1 heterocycles. The van der Waals surface area contributed by atoms with Crippen LogP contribution >= 0.6 is 0 Å². The third-order valence-corrected chi connectivity index (χ3v) is 9.87. The Hall–Kier alpha value is -3.28. The minimum atomic E-state index is -1.10. The van der Waals surface area contributed by atoms with Gasteiger partial charge in [-0.25, -0.2) is 4.98 Å². The Morgan fingerprint density at radius 3 is 2.56 bits per heavy atom. The number of aromatic nitrogens is 2. The molecule has 0 radical (unpaired) electrons. The summed E-state index contributed by atoms with van der Waals surface area (Å²) in [6, 6.07) is 8.24. The molecule has 0 aliphatic heterocycles. The maximum atomic E-state index is 13.8. The lowest BCUT2D eigenvalue weighted by Gasteiger charge is -2.48. The molecule has 3 atom stereocenters. The molecule has 0 bridgehead atoms. The Kier molecular flexibility index (Phi) is 10.3. The van der Waals surface area contributed by atoms with E-state index >= 15 is 0 Å². The van der Waals surface area contributed by atoms with Crippen molar-refractivity contribution in [2.45, 2.75) is 117 Å². The van der Waals surface area contributed by atoms with Gasteiger partial charge in [0, 0.05) is 36.3 Å². The maximum absolute atomic E-state index is 13.8. The zero-order valence-corrected chi connectivity index (χ0v) is 27.8. The zero-order valence-electron chi connectivity index (χ0n) is 27.8. The summed E-state index contributed by atoms with van der Waals surface area (Å²) < 4.78 is 6.72. The van der Waals surface area contributed by atoms with Gasteiger partial charge in [0.25, 0.3) is 0 Å². The van der Waals surface area contributed by atoms with E-state index in [0.717, 1.165) is 82.0 Å². The van der Waals surface area contributed by atoms with Crippen molar-refractivity contribution in [1.29, 1.82) is 5.26 Å². The molecule has 1 aromatic heterocycles. The smallest absolute Gasteiger partial charge is 0.231 e. The van der Waals surface area contributed by atoms with Gasteiger partial charge in [-0.1, -0.05) is 38.8 Å². The number of ether oxygens (including phenoxy) is 1. The Morgan fingerprint density at radius 1 is 1.18 bits per heavy atom. The minimum Gasteiger partial charge on any atom is -0.384 e. The van der Waals surface area contributed by atoms with Gasteiger partial charge in [0.2, 0.25) is 5.91 Å². The quantitative estimate of drug-likeness (QED) is 0.255. The number of amides is 1. The van der Waals surface area contributed by atoms with E-state index in [1.165, 1.54) is 0 Å². The van der Waals surface area contributed by atoms with Gasteiger partial charge in [0.05, 0.1) is 41.9 Å². The number of nitrogens with zero attached hydrogens (tertiary/aromatic N) is 5. The summed E-state index contributed by atoms with van der Waals surface area (Å²) in [7, 11) is 0. The first-order valence-corrected chi connectivity index (χ1v) is 17.0. The van der Waals surface area contributed by atoms with E-state index in [1.807, 2.05) is 23.1 Å². The van der Waals surface area contributed by atoms with Crippen LogP contribution in [0.4, 0.5) is 11.5 Å². The van der Waals surface area contributed by atoms with Crippen LogP contribution in [-0.2, 0) is 15.1 Å². The first-order valence-electron chi connectivity index (χ1n) is 17.0. The van der Waals surface area contributed by atoms with Crippen LogP contribution in [0, 0.1) is 35.5 Å². The van der Waals surface area contributed by atoms with Gasteiger partial charge in [0.1, 0.15) is 5.60 Å². The van der Waals surface area contributed by atoms with Gasteiger partial charge in [0.15, 0.2) is 5.82 Å². The maximum Gasteiger partial charge on any atom is 0.231 e. The summed E-state index contributed by atoms with van der Waals surface area (Å²) in [4.78, 5) is 27.1. The second kappa shape index (κ2) is 14.0. The highest BCUT2D eigenvalue weighted by Gasteiger charge is 2.45. The number of allylic oxidation sites excluding steroid dienone is 1. The number of anilines is 2. The number of rotatable bonds is 13. The van der Waals surface area contributed by atoms with Crippen LogP contribution in [-0.4, -0.2) is 46.3 Å². The summed E-state index contributed by atoms with van der Waals surface area (Å²) in [6.07, 6.45) is 18.2. The topological polar surface area (TPSA) is 103 Å². The molecule has 1 amide bonds. The monoisotopic (exact) mass is 613 g/mol. The molecule has 3 aliphatic rings. The third kappa shape index (κ3) is 8.12. The fourth-order valence-corrected chi connectivity index (χ4v) is 6.79. The second-order valence-corrected chi connectivity index (χ2v) is 14.4. The van der Waals surface area contributed by atoms with Gasteiger partial charge in [-0.15, -0.1) is 0 Å². The zero-order chi connectivity index (χ0) is 32.2. The molecule has 5 rings (SSSR count). The highest BCUT2D eigenvalue weighted by atomic mass is 16.5. The number of benzene rings is 1. The summed E-state index contributed by atoms with van der Waals surface area (Å²) in [5.41, 5.74) is 2.05. The van der Waals surface area contributed by atoms with E-state index in [9.17, 15) is 15.2 Å². The van der Waals surface area contributed by atoms with Crippen molar-refractivity contribution in [3.05, 3.63) is 59.7 Å². The van der Waals surface area contributed by atoms with Crippen LogP contribution in [0.15, 0.2) is 42.9 Å². The predicted molar refractivity (Wildman–Crippen MR) is 178 cm³/mol. The number of nitriles is 1. The Balaban J connectivity index is 1.43. The molecule has 2 aromatic rings. The first-order chi connectivity index (χ1) is 21.5. The molecule has 8 nitrogen and oxygen atoms in total. The van der Waals surface area contributed by atoms with Crippen LogP contribution in [0.3, 0.4) is 0 Å². The second-order valence-electron chi connectivity index (χ2n) is 14.4. The van der Waals surface area contributed by atoms with Crippen molar-refractivity contribution in [3.8, 4) is 6.07 Å². The molecule has 2 unspecified atom stereocenters. The molecule has 45 heavy (non-hydrogen) atoms. The van der Waals surface area contributed by atoms with Crippen molar-refractivity contribution in [3.63, 3.8) is 0 Å². The summed E-state index contributed by atoms with van der Waals surface area (Å²) in [6.45, 7) is 11.4. The van der Waals surface area contributed by atoms with Gasteiger partial charge in [-0.3, -0.25) is 14.7 Å². The van der Waals surface area contributed by atoms with Crippen molar-refractivity contribution in [1.82, 2.24) is 9.97 Å². The molecule has 3 saturated carbocycles. The van der Waals surface area contributed by atoms with Crippen LogP contribution in [0.1, 0.15) is 109 Å². The minimum absolute atomic E-state index is 0.0382. The normalized spacial score (nSPS) is 23.8. The van der Waals surface area contributed by atoms with E-state index in [2.05, 4.69) is 54.0 Å². The summed E-state index contributed by atoms with van der Waals surface area (Å²) >= 11 is 0. The molecule has 0 spiro atoms. The number of aliphatic hydroxyl groups is 1. The van der Waals surface area contributed by atoms with Gasteiger partial charge < -0.3 is 14.7 Å². The number of hydrogen-bond acceptors (Lipinski definition) is 7. The van der Waals surface area contributed by atoms with Gasteiger partial charge in [-0.2, -0.15) is 5.26 Å². The fraction of sp³-hybridized carbons (Fsp3) is 0.622. The molecule has 3 fully saturated rings. The highest BCUT2D eigenvalue weighted by molar-refractivity contribution is 5.94. The number of carbonyl (C=O) groups excluding carboxylic acids is 1. The molecule has 1 N–H and O–H groups in total. The van der Waals surface area contributed by atoms with Gasteiger partial charge >= 0.3 is 0 Å². The lowest BCUT2D eigenvalue weighted by Crippen LogP contribution is -2.50. The van der Waals surface area contributed by atoms with E-state index in [1.54, 1.807) is 26.2 Å². The molecular formula is C37H51N5O3. The van der Waals surface area contributed by atoms with Crippen molar-refractivity contribution >= 4 is 17.4 Å². The number of aryl methyl sites for hydroxylation is 1. The SMILES string of the molecule is CCC/C=C/N(C[C@]1(C)CC(CN(C(=O)C2CCC2)c2cnc(C(C)(C)O)cn2)CCC1OC1CC1)c1cc(C#N)ccc1C. The third-order valence-electron chi connectivity index (χ3n) is 9.87. The standard InChI is InChI=1S/C37H51N5O3/c1-6-7-8-18-41(31-19-27(21-38)13-12-26(31)2)25-37(5)20-28(14-17-33(37)45-30-15-16-30)24-42(35(43)29-10-9-11-29)34-23-39-32(22-40-34)36(3,4)44/h8,12-13,18-19,22-23,28-30,33,44H,6-7,9-11,14-17,20,24-25H2,1-5H3/b18-8+/t28?,33?,37-/m0/s1. The Bertz CT molecular complexity index is 1390. The molecule has 242 valence electrons. The molecule has 0 saturated heterocycles. The first kappa shape index (κ1) is 33.1. The van der Waals surface area contributed by atoms with E-state index in [0.29, 0.717) is 29.7 Å². The number of carbonyl (C=O) groups is 1. The van der Waals surface area contributed by atoms with Crippen LogP contribution in [0.2, 0.25) is 0 Å². The highest BCUT2D eigenvalue weighted by Crippen LogP contribution is 2.46. The van der Waals surface area contributed by atoms with Crippen LogP contribution in [0.5, 0.6) is 0 Å². The molecule has 8 heteroatoms.